The standard InChI is InChI=1S/C22H30O3/c1-4-20(24)25-22-10-5-9-21(22,3)11-8-17-14(2)18-13-16(23)7-6-15(18)12-19(17)22/h13,15,19H,4-12H2,1-3H3/t15?,19?,21-,22?/m1/s1. The normalized spacial score (nSPS) is 40.1. The third-order valence-corrected chi connectivity index (χ3v) is 7.74. The minimum atomic E-state index is -0.318. The molecule has 3 unspecified atom stereocenters. The fourth-order valence-electron chi connectivity index (χ4n) is 6.32. The van der Waals surface area contributed by atoms with Crippen molar-refractivity contribution in [2.75, 3.05) is 0 Å². The average Bonchev–Trinajstić information content (AvgIpc) is 2.93. The SMILES string of the molecule is CCC(=O)OC12CCC[C@]1(C)CCC1=C(C)C3=CC(=O)CCC3CC12. The maximum Gasteiger partial charge on any atom is 0.306 e. The number of esters is 1. The van der Waals surface area contributed by atoms with Gasteiger partial charge in [0, 0.05) is 24.2 Å². The molecule has 0 amide bonds. The van der Waals surface area contributed by atoms with E-state index in [1.54, 1.807) is 0 Å². The van der Waals surface area contributed by atoms with Crippen LogP contribution in [0.5, 0.6) is 0 Å². The van der Waals surface area contributed by atoms with Crippen molar-refractivity contribution in [2.45, 2.75) is 84.2 Å². The van der Waals surface area contributed by atoms with Crippen LogP contribution < -0.4 is 0 Å². The summed E-state index contributed by atoms with van der Waals surface area (Å²) in [5, 5.41) is 0. The molecule has 0 aromatic heterocycles. The lowest BCUT2D eigenvalue weighted by Crippen LogP contribution is -2.56. The Hall–Kier alpha value is -1.38. The third-order valence-electron chi connectivity index (χ3n) is 7.74. The van der Waals surface area contributed by atoms with E-state index in [2.05, 4.69) is 13.8 Å². The molecule has 4 aliphatic carbocycles. The Balaban J connectivity index is 1.81. The molecule has 0 bridgehead atoms. The van der Waals surface area contributed by atoms with Crippen molar-refractivity contribution in [2.24, 2.45) is 17.3 Å². The number of ketones is 1. The lowest BCUT2D eigenvalue weighted by atomic mass is 9.53. The van der Waals surface area contributed by atoms with Gasteiger partial charge >= 0.3 is 5.97 Å². The van der Waals surface area contributed by atoms with Crippen molar-refractivity contribution in [1.29, 1.82) is 0 Å². The van der Waals surface area contributed by atoms with Gasteiger partial charge in [0.05, 0.1) is 0 Å². The molecule has 0 aromatic rings. The van der Waals surface area contributed by atoms with Crippen molar-refractivity contribution in [3.05, 3.63) is 22.8 Å². The van der Waals surface area contributed by atoms with E-state index in [1.807, 2.05) is 13.0 Å². The highest BCUT2D eigenvalue weighted by atomic mass is 16.6. The van der Waals surface area contributed by atoms with Crippen LogP contribution in [0.3, 0.4) is 0 Å². The van der Waals surface area contributed by atoms with Gasteiger partial charge in [0.1, 0.15) is 5.60 Å². The van der Waals surface area contributed by atoms with Crippen molar-refractivity contribution in [3.8, 4) is 0 Å². The Morgan fingerprint density at radius 1 is 1.28 bits per heavy atom. The van der Waals surface area contributed by atoms with E-state index in [0.29, 0.717) is 24.7 Å². The van der Waals surface area contributed by atoms with Crippen LogP contribution in [0.15, 0.2) is 22.8 Å². The summed E-state index contributed by atoms with van der Waals surface area (Å²) in [5.41, 5.74) is 3.87. The van der Waals surface area contributed by atoms with Crippen molar-refractivity contribution < 1.29 is 14.3 Å². The van der Waals surface area contributed by atoms with E-state index in [-0.39, 0.29) is 22.8 Å². The van der Waals surface area contributed by atoms with Gasteiger partial charge < -0.3 is 4.74 Å². The molecule has 0 aliphatic heterocycles. The lowest BCUT2D eigenvalue weighted by molar-refractivity contribution is -0.187. The number of rotatable bonds is 2. The first-order chi connectivity index (χ1) is 11.9. The Bertz CT molecular complexity index is 685. The summed E-state index contributed by atoms with van der Waals surface area (Å²) in [5.74, 6) is 1.04. The Labute approximate surface area is 150 Å². The van der Waals surface area contributed by atoms with Gasteiger partial charge in [-0.2, -0.15) is 0 Å². The second-order valence-corrected chi connectivity index (χ2v) is 8.87. The summed E-state index contributed by atoms with van der Waals surface area (Å²) in [6.07, 6.45) is 10.5. The molecular formula is C22H30O3. The molecule has 0 radical (unpaired) electrons. The monoisotopic (exact) mass is 342 g/mol. The van der Waals surface area contributed by atoms with E-state index < -0.39 is 0 Å². The highest BCUT2D eigenvalue weighted by molar-refractivity contribution is 5.92. The Kier molecular flexibility index (Phi) is 3.97. The molecule has 2 saturated carbocycles. The van der Waals surface area contributed by atoms with E-state index in [4.69, 9.17) is 4.74 Å². The van der Waals surface area contributed by atoms with E-state index >= 15 is 0 Å². The molecule has 3 nitrogen and oxygen atoms in total. The second-order valence-electron chi connectivity index (χ2n) is 8.87. The van der Waals surface area contributed by atoms with E-state index in [0.717, 1.165) is 38.5 Å². The Morgan fingerprint density at radius 2 is 2.08 bits per heavy atom. The summed E-state index contributed by atoms with van der Waals surface area (Å²) in [4.78, 5) is 24.3. The van der Waals surface area contributed by atoms with Crippen LogP contribution in [0.2, 0.25) is 0 Å². The summed E-state index contributed by atoms with van der Waals surface area (Å²) in [6.45, 7) is 6.45. The van der Waals surface area contributed by atoms with E-state index in [1.165, 1.54) is 23.1 Å². The maximum atomic E-state index is 12.3. The number of carbonyl (C=O) groups is 2. The number of ether oxygens (including phenoxy) is 1. The fraction of sp³-hybridized carbons (Fsp3) is 0.727. The van der Waals surface area contributed by atoms with Crippen LogP contribution in [0.1, 0.15) is 78.6 Å². The quantitative estimate of drug-likeness (QED) is 0.670. The van der Waals surface area contributed by atoms with Crippen molar-refractivity contribution >= 4 is 11.8 Å². The van der Waals surface area contributed by atoms with Gasteiger partial charge in [-0.3, -0.25) is 9.59 Å². The molecule has 2 fully saturated rings. The third kappa shape index (κ3) is 2.38. The number of hydrogen-bond donors (Lipinski definition) is 0. The molecule has 136 valence electrons. The molecule has 4 atom stereocenters. The predicted octanol–water partition coefficient (Wildman–Crippen LogP) is 4.90. The Morgan fingerprint density at radius 3 is 2.84 bits per heavy atom. The van der Waals surface area contributed by atoms with Gasteiger partial charge in [0.2, 0.25) is 0 Å². The van der Waals surface area contributed by atoms with Crippen LogP contribution in [-0.2, 0) is 14.3 Å². The fourth-order valence-corrected chi connectivity index (χ4v) is 6.32. The van der Waals surface area contributed by atoms with Gasteiger partial charge in [-0.15, -0.1) is 0 Å². The molecule has 0 saturated heterocycles. The molecule has 0 heterocycles. The van der Waals surface area contributed by atoms with Gasteiger partial charge in [-0.1, -0.05) is 19.4 Å². The minimum Gasteiger partial charge on any atom is -0.458 e. The first-order valence-electron chi connectivity index (χ1n) is 10.1. The topological polar surface area (TPSA) is 43.4 Å². The van der Waals surface area contributed by atoms with Crippen LogP contribution in [-0.4, -0.2) is 17.4 Å². The first-order valence-corrected chi connectivity index (χ1v) is 10.1. The van der Waals surface area contributed by atoms with Crippen LogP contribution in [0.4, 0.5) is 0 Å². The van der Waals surface area contributed by atoms with Crippen molar-refractivity contribution in [1.82, 2.24) is 0 Å². The predicted molar refractivity (Wildman–Crippen MR) is 96.9 cm³/mol. The molecule has 3 heteroatoms. The van der Waals surface area contributed by atoms with Crippen LogP contribution >= 0.6 is 0 Å². The maximum absolute atomic E-state index is 12.3. The van der Waals surface area contributed by atoms with E-state index in [9.17, 15) is 9.59 Å². The zero-order valence-electron chi connectivity index (χ0n) is 15.8. The van der Waals surface area contributed by atoms with Crippen LogP contribution in [0.25, 0.3) is 0 Å². The summed E-state index contributed by atoms with van der Waals surface area (Å²) < 4.78 is 6.31. The summed E-state index contributed by atoms with van der Waals surface area (Å²) in [7, 11) is 0. The molecule has 4 aliphatic rings. The molecular weight excluding hydrogens is 312 g/mol. The van der Waals surface area contributed by atoms with Gasteiger partial charge in [0.15, 0.2) is 5.78 Å². The second kappa shape index (κ2) is 5.82. The van der Waals surface area contributed by atoms with Crippen LogP contribution in [0, 0.1) is 17.3 Å². The zero-order chi connectivity index (χ0) is 17.8. The molecule has 0 N–H and O–H groups in total. The first kappa shape index (κ1) is 17.1. The molecule has 25 heavy (non-hydrogen) atoms. The average molecular weight is 342 g/mol. The summed E-state index contributed by atoms with van der Waals surface area (Å²) >= 11 is 0. The molecule has 0 aromatic carbocycles. The van der Waals surface area contributed by atoms with Gasteiger partial charge in [-0.05, 0) is 75.0 Å². The van der Waals surface area contributed by atoms with Crippen molar-refractivity contribution in [3.63, 3.8) is 0 Å². The molecule has 0 spiro atoms. The molecule has 4 rings (SSSR count). The summed E-state index contributed by atoms with van der Waals surface area (Å²) in [6, 6.07) is 0. The number of carbonyl (C=O) groups excluding carboxylic acids is 2. The number of fused-ring (bicyclic) bond motifs is 4. The lowest BCUT2D eigenvalue weighted by Gasteiger charge is -2.55. The number of hydrogen-bond acceptors (Lipinski definition) is 3. The highest BCUT2D eigenvalue weighted by Crippen LogP contribution is 2.64. The highest BCUT2D eigenvalue weighted by Gasteiger charge is 2.62. The van der Waals surface area contributed by atoms with Gasteiger partial charge in [0.25, 0.3) is 0 Å². The minimum absolute atomic E-state index is 0.0489. The smallest absolute Gasteiger partial charge is 0.306 e. The zero-order valence-corrected chi connectivity index (χ0v) is 15.8. The largest absolute Gasteiger partial charge is 0.458 e. The number of allylic oxidation sites excluding steroid dienone is 3. The van der Waals surface area contributed by atoms with Gasteiger partial charge in [-0.25, -0.2) is 0 Å².